The smallest absolute Gasteiger partial charge is 0.123 e. The van der Waals surface area contributed by atoms with Crippen LogP contribution in [0.4, 0.5) is 4.39 Å². The summed E-state index contributed by atoms with van der Waals surface area (Å²) in [7, 11) is 0. The Bertz CT molecular complexity index is 499. The largest absolute Gasteiger partial charge is 0.207 e. The molecule has 0 nitrogen and oxygen atoms in total. The molecule has 2 aliphatic rings. The van der Waals surface area contributed by atoms with Gasteiger partial charge in [-0.3, -0.25) is 0 Å². The van der Waals surface area contributed by atoms with Crippen LogP contribution in [-0.4, -0.2) is 0 Å². The SMILES string of the molecule is CCCC1CCC(C=CC2CCC(c3ccc(F)cc3)CC2)CC1. The minimum absolute atomic E-state index is 0.121. The van der Waals surface area contributed by atoms with Gasteiger partial charge < -0.3 is 0 Å². The summed E-state index contributed by atoms with van der Waals surface area (Å²) in [5.41, 5.74) is 1.33. The van der Waals surface area contributed by atoms with Crippen molar-refractivity contribution in [3.8, 4) is 0 Å². The third kappa shape index (κ3) is 4.94. The first kappa shape index (κ1) is 17.7. The standard InChI is InChI=1S/C23H33F/c1-2-3-18-4-6-19(7-5-18)8-9-20-10-12-21(13-11-20)22-14-16-23(24)17-15-22/h8-9,14-21H,2-7,10-13H2,1H3. The molecule has 0 bridgehead atoms. The summed E-state index contributed by atoms with van der Waals surface area (Å²) in [6, 6.07) is 7.17. The van der Waals surface area contributed by atoms with E-state index >= 15 is 0 Å². The number of hydrogen-bond donors (Lipinski definition) is 0. The zero-order valence-electron chi connectivity index (χ0n) is 15.2. The van der Waals surface area contributed by atoms with Gasteiger partial charge in [0, 0.05) is 0 Å². The lowest BCUT2D eigenvalue weighted by Crippen LogP contribution is -2.14. The molecule has 1 aromatic carbocycles. The van der Waals surface area contributed by atoms with E-state index < -0.39 is 0 Å². The lowest BCUT2D eigenvalue weighted by Gasteiger charge is -2.29. The molecule has 0 unspecified atom stereocenters. The summed E-state index contributed by atoms with van der Waals surface area (Å²) < 4.78 is 13.1. The number of rotatable bonds is 5. The Labute approximate surface area is 147 Å². The molecule has 0 spiro atoms. The molecule has 0 aliphatic heterocycles. The third-order valence-electron chi connectivity index (χ3n) is 6.36. The van der Waals surface area contributed by atoms with Crippen LogP contribution in [-0.2, 0) is 0 Å². The second kappa shape index (κ2) is 8.83. The molecule has 0 saturated heterocycles. The fraction of sp³-hybridized carbons (Fsp3) is 0.652. The van der Waals surface area contributed by atoms with Crippen LogP contribution in [0.2, 0.25) is 0 Å². The molecule has 2 saturated carbocycles. The molecule has 0 aromatic heterocycles. The summed E-state index contributed by atoms with van der Waals surface area (Å²) in [4.78, 5) is 0. The van der Waals surface area contributed by atoms with Crippen molar-refractivity contribution in [3.63, 3.8) is 0 Å². The van der Waals surface area contributed by atoms with Gasteiger partial charge in [0.1, 0.15) is 5.82 Å². The second-order valence-electron chi connectivity index (χ2n) is 8.12. The van der Waals surface area contributed by atoms with Gasteiger partial charge in [-0.1, -0.05) is 44.1 Å². The third-order valence-corrected chi connectivity index (χ3v) is 6.36. The fourth-order valence-electron chi connectivity index (χ4n) is 4.77. The van der Waals surface area contributed by atoms with Gasteiger partial charge in [-0.05, 0) is 92.7 Å². The monoisotopic (exact) mass is 328 g/mol. The first-order valence-corrected chi connectivity index (χ1v) is 10.2. The van der Waals surface area contributed by atoms with Crippen molar-refractivity contribution in [2.24, 2.45) is 17.8 Å². The van der Waals surface area contributed by atoms with Crippen LogP contribution < -0.4 is 0 Å². The van der Waals surface area contributed by atoms with E-state index in [0.29, 0.717) is 5.92 Å². The van der Waals surface area contributed by atoms with Crippen molar-refractivity contribution in [1.29, 1.82) is 0 Å². The molecular formula is C23H33F. The van der Waals surface area contributed by atoms with Crippen LogP contribution in [0.5, 0.6) is 0 Å². The number of allylic oxidation sites excluding steroid dienone is 2. The zero-order chi connectivity index (χ0) is 16.8. The van der Waals surface area contributed by atoms with E-state index in [-0.39, 0.29) is 5.82 Å². The summed E-state index contributed by atoms with van der Waals surface area (Å²) in [6.07, 6.45) is 18.7. The molecular weight excluding hydrogens is 295 g/mol. The number of benzene rings is 1. The van der Waals surface area contributed by atoms with Crippen molar-refractivity contribution in [2.45, 2.75) is 77.0 Å². The maximum Gasteiger partial charge on any atom is 0.123 e. The average Bonchev–Trinajstić information content (AvgIpc) is 2.63. The van der Waals surface area contributed by atoms with Gasteiger partial charge in [0.15, 0.2) is 0 Å². The first-order valence-electron chi connectivity index (χ1n) is 10.2. The van der Waals surface area contributed by atoms with E-state index in [0.717, 1.165) is 17.8 Å². The second-order valence-corrected chi connectivity index (χ2v) is 8.12. The van der Waals surface area contributed by atoms with Crippen molar-refractivity contribution < 1.29 is 4.39 Å². The molecule has 132 valence electrons. The predicted molar refractivity (Wildman–Crippen MR) is 101 cm³/mol. The highest BCUT2D eigenvalue weighted by molar-refractivity contribution is 5.21. The van der Waals surface area contributed by atoms with E-state index in [1.54, 1.807) is 12.1 Å². The van der Waals surface area contributed by atoms with Crippen LogP contribution in [0.1, 0.15) is 82.6 Å². The van der Waals surface area contributed by atoms with Gasteiger partial charge in [0.2, 0.25) is 0 Å². The molecule has 24 heavy (non-hydrogen) atoms. The van der Waals surface area contributed by atoms with E-state index in [1.165, 1.54) is 69.8 Å². The van der Waals surface area contributed by atoms with E-state index in [4.69, 9.17) is 0 Å². The highest BCUT2D eigenvalue weighted by Gasteiger charge is 2.22. The Hall–Kier alpha value is -1.11. The zero-order valence-corrected chi connectivity index (χ0v) is 15.2. The molecule has 0 radical (unpaired) electrons. The van der Waals surface area contributed by atoms with Crippen molar-refractivity contribution >= 4 is 0 Å². The quantitative estimate of drug-likeness (QED) is 0.499. The van der Waals surface area contributed by atoms with Crippen molar-refractivity contribution in [3.05, 3.63) is 47.8 Å². The summed E-state index contributed by atoms with van der Waals surface area (Å²) in [6.45, 7) is 2.31. The molecule has 0 heterocycles. The average molecular weight is 329 g/mol. The van der Waals surface area contributed by atoms with Crippen LogP contribution in [0, 0.1) is 23.6 Å². The van der Waals surface area contributed by atoms with Crippen LogP contribution >= 0.6 is 0 Å². The Morgan fingerprint density at radius 2 is 1.38 bits per heavy atom. The Morgan fingerprint density at radius 3 is 1.92 bits per heavy atom. The molecule has 1 aromatic rings. The van der Waals surface area contributed by atoms with Gasteiger partial charge in [-0.2, -0.15) is 0 Å². The highest BCUT2D eigenvalue weighted by Crippen LogP contribution is 2.37. The van der Waals surface area contributed by atoms with Gasteiger partial charge in [-0.15, -0.1) is 0 Å². The van der Waals surface area contributed by atoms with Gasteiger partial charge in [0.25, 0.3) is 0 Å². The van der Waals surface area contributed by atoms with Gasteiger partial charge >= 0.3 is 0 Å². The number of hydrogen-bond acceptors (Lipinski definition) is 0. The van der Waals surface area contributed by atoms with E-state index in [9.17, 15) is 4.39 Å². The molecule has 2 fully saturated rings. The first-order chi connectivity index (χ1) is 11.7. The predicted octanol–water partition coefficient (Wildman–Crippen LogP) is 7.26. The minimum Gasteiger partial charge on any atom is -0.207 e. The van der Waals surface area contributed by atoms with Crippen molar-refractivity contribution in [2.75, 3.05) is 0 Å². The summed E-state index contributed by atoms with van der Waals surface area (Å²) >= 11 is 0. The topological polar surface area (TPSA) is 0 Å². The summed E-state index contributed by atoms with van der Waals surface area (Å²) in [5, 5.41) is 0. The van der Waals surface area contributed by atoms with Gasteiger partial charge in [-0.25, -0.2) is 4.39 Å². The molecule has 1 heteroatoms. The fourth-order valence-corrected chi connectivity index (χ4v) is 4.77. The molecule has 0 amide bonds. The minimum atomic E-state index is -0.121. The van der Waals surface area contributed by atoms with Crippen molar-refractivity contribution in [1.82, 2.24) is 0 Å². The Kier molecular flexibility index (Phi) is 6.51. The molecule has 0 N–H and O–H groups in total. The molecule has 2 aliphatic carbocycles. The maximum absolute atomic E-state index is 13.1. The maximum atomic E-state index is 13.1. The van der Waals surface area contributed by atoms with E-state index in [1.807, 2.05) is 12.1 Å². The Balaban J connectivity index is 1.41. The lowest BCUT2D eigenvalue weighted by molar-refractivity contribution is 0.292. The van der Waals surface area contributed by atoms with E-state index in [2.05, 4.69) is 19.1 Å². The van der Waals surface area contributed by atoms with Gasteiger partial charge in [0.05, 0.1) is 0 Å². The Morgan fingerprint density at radius 1 is 0.833 bits per heavy atom. The lowest BCUT2D eigenvalue weighted by atomic mass is 9.77. The summed E-state index contributed by atoms with van der Waals surface area (Å²) in [5.74, 6) is 3.14. The number of halogens is 1. The van der Waals surface area contributed by atoms with Crippen LogP contribution in [0.25, 0.3) is 0 Å². The normalized spacial score (nSPS) is 31.4. The van der Waals surface area contributed by atoms with Crippen LogP contribution in [0.15, 0.2) is 36.4 Å². The molecule has 3 rings (SSSR count). The molecule has 0 atom stereocenters. The highest BCUT2D eigenvalue weighted by atomic mass is 19.1. The van der Waals surface area contributed by atoms with Crippen LogP contribution in [0.3, 0.4) is 0 Å².